The molecule has 0 bridgehead atoms. The monoisotopic (exact) mass is 249 g/mol. The highest BCUT2D eigenvalue weighted by Crippen LogP contribution is 2.28. The van der Waals surface area contributed by atoms with Gasteiger partial charge in [0.05, 0.1) is 0 Å². The lowest BCUT2D eigenvalue weighted by molar-refractivity contribution is -0.141. The van der Waals surface area contributed by atoms with E-state index in [4.69, 9.17) is 5.11 Å². The predicted molar refractivity (Wildman–Crippen MR) is 52.5 cm³/mol. The zero-order chi connectivity index (χ0) is 13.2. The van der Waals surface area contributed by atoms with E-state index in [0.29, 0.717) is 0 Å². The van der Waals surface area contributed by atoms with E-state index in [1.54, 1.807) is 0 Å². The summed E-state index contributed by atoms with van der Waals surface area (Å²) in [6, 6.07) is -0.283. The van der Waals surface area contributed by atoms with Crippen LogP contribution in [0, 0.1) is 6.92 Å². The highest BCUT2D eigenvalue weighted by atomic mass is 19.4. The third-order valence-electron chi connectivity index (χ3n) is 1.86. The number of hydrogen-bond acceptors (Lipinski definition) is 4. The van der Waals surface area contributed by atoms with E-state index in [0.717, 1.165) is 6.07 Å². The second kappa shape index (κ2) is 4.56. The zero-order valence-electron chi connectivity index (χ0n) is 9.04. The van der Waals surface area contributed by atoms with Gasteiger partial charge in [-0.25, -0.2) is 9.97 Å². The summed E-state index contributed by atoms with van der Waals surface area (Å²) in [7, 11) is 0. The summed E-state index contributed by atoms with van der Waals surface area (Å²) in [6.07, 6.45) is -4.59. The van der Waals surface area contributed by atoms with Crippen LogP contribution in [-0.4, -0.2) is 27.1 Å². The first kappa shape index (κ1) is 13.2. The number of aliphatic carboxylic acids is 1. The van der Waals surface area contributed by atoms with E-state index in [-0.39, 0.29) is 11.6 Å². The zero-order valence-corrected chi connectivity index (χ0v) is 9.04. The molecule has 0 spiro atoms. The number of nitrogens with one attached hydrogen (secondary N) is 1. The van der Waals surface area contributed by atoms with Gasteiger partial charge in [0.25, 0.3) is 0 Å². The van der Waals surface area contributed by atoms with Gasteiger partial charge in [0.2, 0.25) is 5.95 Å². The summed E-state index contributed by atoms with van der Waals surface area (Å²) in [5.74, 6) is -1.56. The minimum absolute atomic E-state index is 0.104. The molecule has 5 nitrogen and oxygen atoms in total. The Hall–Kier alpha value is -1.86. The number of carbonyl (C=O) groups is 1. The molecule has 1 rings (SSSR count). The average Bonchev–Trinajstić information content (AvgIpc) is 2.15. The van der Waals surface area contributed by atoms with Crippen LogP contribution >= 0.6 is 0 Å². The SMILES string of the molecule is Cc1cc(C(F)(F)F)nc(N[C@H](C)C(=O)O)n1. The van der Waals surface area contributed by atoms with E-state index < -0.39 is 23.9 Å². The van der Waals surface area contributed by atoms with Gasteiger partial charge in [-0.15, -0.1) is 0 Å². The van der Waals surface area contributed by atoms with Crippen molar-refractivity contribution in [2.45, 2.75) is 26.1 Å². The Morgan fingerprint density at radius 2 is 2.06 bits per heavy atom. The summed E-state index contributed by atoms with van der Waals surface area (Å²) in [5.41, 5.74) is -1.00. The predicted octanol–water partition coefficient (Wildman–Crippen LogP) is 1.69. The number of rotatable bonds is 3. The molecule has 0 radical (unpaired) electrons. The Balaban J connectivity index is 3.02. The lowest BCUT2D eigenvalue weighted by atomic mass is 10.3. The lowest BCUT2D eigenvalue weighted by Gasteiger charge is -2.12. The number of nitrogens with zero attached hydrogens (tertiary/aromatic N) is 2. The minimum Gasteiger partial charge on any atom is -0.480 e. The summed E-state index contributed by atoms with van der Waals surface area (Å²) in [5, 5.41) is 10.9. The van der Waals surface area contributed by atoms with Crippen molar-refractivity contribution in [1.29, 1.82) is 0 Å². The van der Waals surface area contributed by atoms with E-state index in [2.05, 4.69) is 15.3 Å². The van der Waals surface area contributed by atoms with Crippen molar-refractivity contribution >= 4 is 11.9 Å². The first-order chi connectivity index (χ1) is 7.70. The molecule has 8 heteroatoms. The lowest BCUT2D eigenvalue weighted by Crippen LogP contribution is -2.27. The van der Waals surface area contributed by atoms with Crippen molar-refractivity contribution in [2.24, 2.45) is 0 Å². The van der Waals surface area contributed by atoms with Gasteiger partial charge in [0.1, 0.15) is 11.7 Å². The van der Waals surface area contributed by atoms with Crippen molar-refractivity contribution in [3.05, 3.63) is 17.5 Å². The molecule has 0 amide bonds. The normalized spacial score (nSPS) is 13.2. The van der Waals surface area contributed by atoms with Crippen LogP contribution in [0.2, 0.25) is 0 Å². The molecule has 1 atom stereocenters. The second-order valence-electron chi connectivity index (χ2n) is 3.42. The molecule has 17 heavy (non-hydrogen) atoms. The number of carboxylic acid groups (broad SMARTS) is 1. The first-order valence-electron chi connectivity index (χ1n) is 4.62. The van der Waals surface area contributed by atoms with Crippen molar-refractivity contribution in [1.82, 2.24) is 9.97 Å². The molecule has 94 valence electrons. The first-order valence-corrected chi connectivity index (χ1v) is 4.62. The Morgan fingerprint density at radius 3 is 2.53 bits per heavy atom. The van der Waals surface area contributed by atoms with Crippen molar-refractivity contribution in [2.75, 3.05) is 5.32 Å². The van der Waals surface area contributed by atoms with Crippen molar-refractivity contribution in [3.63, 3.8) is 0 Å². The summed E-state index contributed by atoms with van der Waals surface area (Å²) < 4.78 is 37.2. The summed E-state index contributed by atoms with van der Waals surface area (Å²) in [4.78, 5) is 17.4. The molecule has 0 saturated heterocycles. The van der Waals surface area contributed by atoms with Gasteiger partial charge < -0.3 is 10.4 Å². The van der Waals surface area contributed by atoms with Crippen molar-refractivity contribution < 1.29 is 23.1 Å². The smallest absolute Gasteiger partial charge is 0.433 e. The number of aromatic nitrogens is 2. The third kappa shape index (κ3) is 3.58. The van der Waals surface area contributed by atoms with Gasteiger partial charge >= 0.3 is 12.1 Å². The van der Waals surface area contributed by atoms with Crippen LogP contribution in [0.25, 0.3) is 0 Å². The van der Waals surface area contributed by atoms with Crippen LogP contribution in [0.15, 0.2) is 6.07 Å². The van der Waals surface area contributed by atoms with Gasteiger partial charge in [-0.3, -0.25) is 4.79 Å². The second-order valence-corrected chi connectivity index (χ2v) is 3.42. The number of aryl methyl sites for hydroxylation is 1. The molecule has 0 aromatic carbocycles. The van der Waals surface area contributed by atoms with E-state index in [9.17, 15) is 18.0 Å². The van der Waals surface area contributed by atoms with Gasteiger partial charge in [-0.1, -0.05) is 0 Å². The maximum absolute atomic E-state index is 12.4. The molecule has 1 aromatic rings. The van der Waals surface area contributed by atoms with Gasteiger partial charge in [0, 0.05) is 5.69 Å². The molecule has 0 aliphatic rings. The molecule has 2 N–H and O–H groups in total. The average molecular weight is 249 g/mol. The summed E-state index contributed by atoms with van der Waals surface area (Å²) >= 11 is 0. The van der Waals surface area contributed by atoms with Crippen LogP contribution in [0.5, 0.6) is 0 Å². The highest BCUT2D eigenvalue weighted by molar-refractivity contribution is 5.75. The quantitative estimate of drug-likeness (QED) is 0.852. The topological polar surface area (TPSA) is 75.1 Å². The molecule has 0 unspecified atom stereocenters. The fraction of sp³-hybridized carbons (Fsp3) is 0.444. The Kier molecular flexibility index (Phi) is 3.54. The van der Waals surface area contributed by atoms with Crippen molar-refractivity contribution in [3.8, 4) is 0 Å². The fourth-order valence-electron chi connectivity index (χ4n) is 1.03. The van der Waals surface area contributed by atoms with Crippen LogP contribution in [0.3, 0.4) is 0 Å². The number of alkyl halides is 3. The minimum atomic E-state index is -4.59. The standard InChI is InChI=1S/C9H10F3N3O2/c1-4-3-6(9(10,11)12)15-8(13-4)14-5(2)7(16)17/h3,5H,1-2H3,(H,16,17)(H,13,14,15)/t5-/m1/s1. The van der Waals surface area contributed by atoms with E-state index >= 15 is 0 Å². The summed E-state index contributed by atoms with van der Waals surface area (Å²) in [6.45, 7) is 2.65. The van der Waals surface area contributed by atoms with Gasteiger partial charge in [-0.2, -0.15) is 13.2 Å². The Morgan fingerprint density at radius 1 is 1.47 bits per heavy atom. The van der Waals surface area contributed by atoms with Crippen LogP contribution in [-0.2, 0) is 11.0 Å². The fourth-order valence-corrected chi connectivity index (χ4v) is 1.03. The molecule has 1 aromatic heterocycles. The Labute approximate surface area is 94.7 Å². The number of carboxylic acids is 1. The molecule has 0 saturated carbocycles. The van der Waals surface area contributed by atoms with E-state index in [1.165, 1.54) is 13.8 Å². The van der Waals surface area contributed by atoms with E-state index in [1.807, 2.05) is 0 Å². The maximum Gasteiger partial charge on any atom is 0.433 e. The van der Waals surface area contributed by atoms with Gasteiger partial charge in [-0.05, 0) is 19.9 Å². The van der Waals surface area contributed by atoms with Gasteiger partial charge in [0.15, 0.2) is 0 Å². The number of halogens is 3. The molecule has 0 aliphatic heterocycles. The Bertz CT molecular complexity index is 434. The van der Waals surface area contributed by atoms with Crippen LogP contribution in [0.1, 0.15) is 18.3 Å². The number of anilines is 1. The third-order valence-corrected chi connectivity index (χ3v) is 1.86. The molecular weight excluding hydrogens is 239 g/mol. The number of hydrogen-bond donors (Lipinski definition) is 2. The largest absolute Gasteiger partial charge is 0.480 e. The molecule has 0 aliphatic carbocycles. The maximum atomic E-state index is 12.4. The van der Waals surface area contributed by atoms with Crippen LogP contribution < -0.4 is 5.32 Å². The molecule has 0 fully saturated rings. The molecular formula is C9H10F3N3O2. The molecule has 1 heterocycles. The van der Waals surface area contributed by atoms with Crippen LogP contribution in [0.4, 0.5) is 19.1 Å². The highest BCUT2D eigenvalue weighted by Gasteiger charge is 2.33.